The van der Waals surface area contributed by atoms with Crippen molar-refractivity contribution in [3.05, 3.63) is 35.4 Å². The zero-order chi connectivity index (χ0) is 17.5. The van der Waals surface area contributed by atoms with Crippen molar-refractivity contribution in [2.75, 3.05) is 13.1 Å². The van der Waals surface area contributed by atoms with Crippen molar-refractivity contribution in [1.82, 2.24) is 4.90 Å². The molecular formula is C17H18F3N3O. The predicted octanol–water partition coefficient (Wildman–Crippen LogP) is 3.31. The topological polar surface area (TPSA) is 45.0 Å². The third-order valence-electron chi connectivity index (χ3n) is 4.53. The molecule has 1 spiro atoms. The van der Waals surface area contributed by atoms with E-state index in [1.54, 1.807) is 4.90 Å². The van der Waals surface area contributed by atoms with Crippen molar-refractivity contribution in [2.45, 2.75) is 38.5 Å². The number of hydrogen-bond acceptors (Lipinski definition) is 3. The molecule has 7 heteroatoms. The molecule has 0 radical (unpaired) electrons. The van der Waals surface area contributed by atoms with E-state index in [0.29, 0.717) is 37.2 Å². The number of benzene rings is 1. The lowest BCUT2D eigenvalue weighted by molar-refractivity contribution is -0.137. The lowest BCUT2D eigenvalue weighted by atomic mass is 9.98. The van der Waals surface area contributed by atoms with Crippen LogP contribution in [-0.4, -0.2) is 41.0 Å². The van der Waals surface area contributed by atoms with Crippen LogP contribution >= 0.6 is 0 Å². The van der Waals surface area contributed by atoms with E-state index < -0.39 is 17.4 Å². The molecule has 4 nitrogen and oxygen atoms in total. The minimum Gasteiger partial charge on any atom is -0.343 e. The molecule has 1 fully saturated rings. The second-order valence-corrected chi connectivity index (χ2v) is 6.22. The van der Waals surface area contributed by atoms with Gasteiger partial charge in [0.25, 0.3) is 0 Å². The molecule has 0 saturated carbocycles. The van der Waals surface area contributed by atoms with E-state index in [0.717, 1.165) is 17.8 Å². The molecule has 1 aromatic rings. The number of rotatable bonds is 1. The molecule has 0 atom stereocenters. The van der Waals surface area contributed by atoms with Gasteiger partial charge in [0, 0.05) is 38.4 Å². The first-order chi connectivity index (χ1) is 11.2. The van der Waals surface area contributed by atoms with Crippen LogP contribution in [0.15, 0.2) is 34.3 Å². The van der Waals surface area contributed by atoms with Crippen LogP contribution in [0.4, 0.5) is 13.2 Å². The number of amides is 1. The van der Waals surface area contributed by atoms with E-state index in [9.17, 15) is 18.0 Å². The number of piperidine rings is 1. The number of nitrogens with zero attached hydrogens (tertiary/aromatic N) is 3. The number of carbonyl (C=O) groups is 1. The molecule has 3 rings (SSSR count). The molecule has 0 bridgehead atoms. The zero-order valence-electron chi connectivity index (χ0n) is 13.5. The van der Waals surface area contributed by atoms with Crippen LogP contribution in [0.5, 0.6) is 0 Å². The van der Waals surface area contributed by atoms with E-state index in [1.165, 1.54) is 19.1 Å². The van der Waals surface area contributed by atoms with Gasteiger partial charge in [-0.15, -0.1) is 0 Å². The minimum atomic E-state index is -4.35. The highest BCUT2D eigenvalue weighted by Gasteiger charge is 2.39. The van der Waals surface area contributed by atoms with Crippen molar-refractivity contribution in [2.24, 2.45) is 9.98 Å². The maximum Gasteiger partial charge on any atom is 0.416 e. The number of likely N-dealkylation sites (tertiary alicyclic amines) is 1. The first-order valence-electron chi connectivity index (χ1n) is 7.80. The first-order valence-corrected chi connectivity index (χ1v) is 7.80. The Labute approximate surface area is 138 Å². The molecule has 2 aliphatic heterocycles. The van der Waals surface area contributed by atoms with Gasteiger partial charge in [-0.1, -0.05) is 12.1 Å². The van der Waals surface area contributed by atoms with Crippen molar-refractivity contribution in [3.63, 3.8) is 0 Å². The summed E-state index contributed by atoms with van der Waals surface area (Å²) >= 11 is 0. The standard InChI is InChI=1S/C17H18F3N3O/c1-11-15(13-3-5-14(6-4-13)17(18,19)20)22-16(21-11)7-9-23(10-8-16)12(2)24/h3-6H,7-10H2,1-2H3. The predicted molar refractivity (Wildman–Crippen MR) is 85.3 cm³/mol. The fourth-order valence-electron chi connectivity index (χ4n) is 3.17. The summed E-state index contributed by atoms with van der Waals surface area (Å²) in [6.07, 6.45) is -3.08. The first kappa shape index (κ1) is 16.7. The molecule has 1 amide bonds. The van der Waals surface area contributed by atoms with Crippen molar-refractivity contribution >= 4 is 17.3 Å². The third kappa shape index (κ3) is 3.07. The summed E-state index contributed by atoms with van der Waals surface area (Å²) in [5, 5.41) is 0. The summed E-state index contributed by atoms with van der Waals surface area (Å²) < 4.78 is 38.0. The van der Waals surface area contributed by atoms with Crippen molar-refractivity contribution in [3.8, 4) is 0 Å². The van der Waals surface area contributed by atoms with E-state index in [2.05, 4.69) is 4.99 Å². The average Bonchev–Trinajstić information content (AvgIpc) is 2.83. The Kier molecular flexibility index (Phi) is 3.97. The Morgan fingerprint density at radius 1 is 1.12 bits per heavy atom. The van der Waals surface area contributed by atoms with E-state index in [1.807, 2.05) is 6.92 Å². The second-order valence-electron chi connectivity index (χ2n) is 6.22. The maximum absolute atomic E-state index is 12.7. The number of alkyl halides is 3. The molecule has 2 heterocycles. The van der Waals surface area contributed by atoms with E-state index in [-0.39, 0.29) is 5.91 Å². The molecular weight excluding hydrogens is 319 g/mol. The summed E-state index contributed by atoms with van der Waals surface area (Å²) in [6, 6.07) is 5.00. The van der Waals surface area contributed by atoms with Crippen LogP contribution in [0.1, 0.15) is 37.8 Å². The summed E-state index contributed by atoms with van der Waals surface area (Å²) in [6.45, 7) is 4.55. The maximum atomic E-state index is 12.7. The number of aliphatic imine (C=N–C) groups is 2. The Bertz CT molecular complexity index is 712. The van der Waals surface area contributed by atoms with Crippen molar-refractivity contribution < 1.29 is 18.0 Å². The minimum absolute atomic E-state index is 0.0375. The molecule has 0 aliphatic carbocycles. The Hall–Kier alpha value is -2.18. The van der Waals surface area contributed by atoms with E-state index in [4.69, 9.17) is 4.99 Å². The van der Waals surface area contributed by atoms with Gasteiger partial charge in [0.2, 0.25) is 5.91 Å². The Balaban J connectivity index is 1.83. The van der Waals surface area contributed by atoms with Gasteiger partial charge in [0.1, 0.15) is 0 Å². The van der Waals surface area contributed by atoms with Gasteiger partial charge in [-0.25, -0.2) is 0 Å². The van der Waals surface area contributed by atoms with Crippen LogP contribution in [0, 0.1) is 0 Å². The van der Waals surface area contributed by atoms with Crippen molar-refractivity contribution in [1.29, 1.82) is 0 Å². The quantitative estimate of drug-likeness (QED) is 0.775. The monoisotopic (exact) mass is 337 g/mol. The Morgan fingerprint density at radius 3 is 2.21 bits per heavy atom. The summed E-state index contributed by atoms with van der Waals surface area (Å²) in [5.41, 5.74) is 0.749. The smallest absolute Gasteiger partial charge is 0.343 e. The third-order valence-corrected chi connectivity index (χ3v) is 4.53. The van der Waals surface area contributed by atoms with Gasteiger partial charge in [-0.2, -0.15) is 13.2 Å². The highest BCUT2D eigenvalue weighted by atomic mass is 19.4. The van der Waals surface area contributed by atoms with Crippen LogP contribution in [-0.2, 0) is 11.0 Å². The van der Waals surface area contributed by atoms with Gasteiger partial charge in [0.15, 0.2) is 5.66 Å². The summed E-state index contributed by atoms with van der Waals surface area (Å²) in [5.74, 6) is 0.0375. The fourth-order valence-corrected chi connectivity index (χ4v) is 3.17. The lowest BCUT2D eigenvalue weighted by Crippen LogP contribution is -2.43. The molecule has 0 unspecified atom stereocenters. The number of hydrogen-bond donors (Lipinski definition) is 0. The van der Waals surface area contributed by atoms with Gasteiger partial charge in [-0.05, 0) is 19.1 Å². The fraction of sp³-hybridized carbons (Fsp3) is 0.471. The second kappa shape index (κ2) is 5.72. The molecule has 2 aliphatic rings. The highest BCUT2D eigenvalue weighted by molar-refractivity contribution is 6.48. The zero-order valence-corrected chi connectivity index (χ0v) is 13.5. The summed E-state index contributed by atoms with van der Waals surface area (Å²) in [4.78, 5) is 22.6. The van der Waals surface area contributed by atoms with Gasteiger partial charge in [0.05, 0.1) is 17.0 Å². The normalized spacial score (nSPS) is 20.1. The van der Waals surface area contributed by atoms with Crippen LogP contribution < -0.4 is 0 Å². The molecule has 24 heavy (non-hydrogen) atoms. The highest BCUT2D eigenvalue weighted by Crippen LogP contribution is 2.34. The average molecular weight is 337 g/mol. The number of halogens is 3. The van der Waals surface area contributed by atoms with Crippen LogP contribution in [0.3, 0.4) is 0 Å². The van der Waals surface area contributed by atoms with Gasteiger partial charge >= 0.3 is 6.18 Å². The lowest BCUT2D eigenvalue weighted by Gasteiger charge is -2.34. The number of carbonyl (C=O) groups excluding carboxylic acids is 1. The SMILES string of the molecule is CC(=O)N1CCC2(CC1)N=C(C)C(c1ccc(C(F)(F)F)cc1)=N2. The van der Waals surface area contributed by atoms with Gasteiger partial charge in [-0.3, -0.25) is 14.8 Å². The molecule has 0 aromatic heterocycles. The molecule has 0 N–H and O–H groups in total. The molecule has 1 aromatic carbocycles. The van der Waals surface area contributed by atoms with Gasteiger partial charge < -0.3 is 4.90 Å². The summed E-state index contributed by atoms with van der Waals surface area (Å²) in [7, 11) is 0. The molecule has 1 saturated heterocycles. The molecule has 128 valence electrons. The van der Waals surface area contributed by atoms with Crippen LogP contribution in [0.2, 0.25) is 0 Å². The van der Waals surface area contributed by atoms with E-state index >= 15 is 0 Å². The largest absolute Gasteiger partial charge is 0.416 e. The Morgan fingerprint density at radius 2 is 1.71 bits per heavy atom. The van der Waals surface area contributed by atoms with Crippen LogP contribution in [0.25, 0.3) is 0 Å².